The van der Waals surface area contributed by atoms with E-state index < -0.39 is 17.6 Å². The predicted molar refractivity (Wildman–Crippen MR) is 146 cm³/mol. The van der Waals surface area contributed by atoms with E-state index in [1.54, 1.807) is 30.3 Å². The van der Waals surface area contributed by atoms with Crippen LogP contribution in [0.15, 0.2) is 54.6 Å². The monoisotopic (exact) mass is 558 g/mol. The molecule has 206 valence electrons. The first kappa shape index (κ1) is 28.3. The Bertz CT molecular complexity index is 1360. The molecule has 2 fully saturated rings. The van der Waals surface area contributed by atoms with Gasteiger partial charge in [0.1, 0.15) is 5.71 Å². The number of carboxylic acid groups (broad SMARTS) is 1. The fourth-order valence-corrected chi connectivity index (χ4v) is 6.33. The third-order valence-electron chi connectivity index (χ3n) is 7.35. The highest BCUT2D eigenvalue weighted by Gasteiger charge is 2.39. The third-order valence-corrected chi connectivity index (χ3v) is 8.53. The fourth-order valence-electron chi connectivity index (χ4n) is 5.33. The van der Waals surface area contributed by atoms with Crippen molar-refractivity contribution in [3.05, 3.63) is 65.7 Å². The first-order valence-electron chi connectivity index (χ1n) is 12.4. The molecule has 5 rings (SSSR count). The first-order chi connectivity index (χ1) is 18.5. The lowest BCUT2D eigenvalue weighted by Gasteiger charge is -2.36. The summed E-state index contributed by atoms with van der Waals surface area (Å²) in [6.45, 7) is -0.250. The van der Waals surface area contributed by atoms with Crippen molar-refractivity contribution in [3.8, 4) is 20.9 Å². The number of piperidine rings is 1. The lowest BCUT2D eigenvalue weighted by molar-refractivity contribution is -0.137. The number of anilines is 1. The minimum absolute atomic E-state index is 0.0447. The van der Waals surface area contributed by atoms with Gasteiger partial charge in [-0.25, -0.2) is 0 Å². The fraction of sp³-hybridized carbons (Fsp3) is 0.321. The summed E-state index contributed by atoms with van der Waals surface area (Å²) in [6.07, 6.45) is -0.354. The van der Waals surface area contributed by atoms with E-state index in [4.69, 9.17) is 21.0 Å². The van der Waals surface area contributed by atoms with E-state index >= 15 is 0 Å². The van der Waals surface area contributed by atoms with E-state index in [0.29, 0.717) is 33.8 Å². The molecular weight excluding hydrogens is 529 g/mol. The van der Waals surface area contributed by atoms with Gasteiger partial charge in [0.2, 0.25) is 0 Å². The quantitative estimate of drug-likeness (QED) is 0.188. The number of amides is 1. The number of rotatable bonds is 5. The molecule has 2 atom stereocenters. The molecule has 0 radical (unpaired) electrons. The minimum atomic E-state index is -4.41. The molecule has 2 aliphatic rings. The van der Waals surface area contributed by atoms with Gasteiger partial charge in [0.05, 0.1) is 5.56 Å². The Morgan fingerprint density at radius 3 is 2.26 bits per heavy atom. The molecule has 2 saturated heterocycles. The van der Waals surface area contributed by atoms with Crippen LogP contribution in [-0.2, 0) is 15.8 Å². The number of nitrogens with one attached hydrogen (secondary N) is 2. The SMILES string of the molecule is CN1C2CCC1CC(NC(=O)C(=N)c1cc(-c3ccc(-c4cccc(C(F)(F)F)c4)s3)ccc1N)C2.O=CO. The molecular formula is C28H29F3N4O3S. The molecule has 2 bridgehead atoms. The molecule has 1 amide bonds. The first-order valence-corrected chi connectivity index (χ1v) is 13.2. The smallest absolute Gasteiger partial charge is 0.416 e. The molecule has 7 nitrogen and oxygen atoms in total. The molecule has 2 unspecified atom stereocenters. The Morgan fingerprint density at radius 1 is 1.08 bits per heavy atom. The van der Waals surface area contributed by atoms with E-state index in [9.17, 15) is 18.0 Å². The second kappa shape index (κ2) is 11.6. The number of carbonyl (C=O) groups is 2. The van der Waals surface area contributed by atoms with Gasteiger partial charge in [-0.2, -0.15) is 13.2 Å². The summed E-state index contributed by atoms with van der Waals surface area (Å²) in [6, 6.07) is 15.0. The maximum Gasteiger partial charge on any atom is 0.416 e. The van der Waals surface area contributed by atoms with Crippen LogP contribution in [-0.4, -0.2) is 53.3 Å². The number of benzene rings is 2. The van der Waals surface area contributed by atoms with Crippen molar-refractivity contribution in [3.63, 3.8) is 0 Å². The second-order valence-electron chi connectivity index (χ2n) is 9.72. The Kier molecular flexibility index (Phi) is 8.41. The molecule has 39 heavy (non-hydrogen) atoms. The van der Waals surface area contributed by atoms with Gasteiger partial charge in [0, 0.05) is 39.1 Å². The van der Waals surface area contributed by atoms with Crippen LogP contribution in [0, 0.1) is 5.41 Å². The number of thiophene rings is 1. The highest BCUT2D eigenvalue weighted by Crippen LogP contribution is 2.38. The summed E-state index contributed by atoms with van der Waals surface area (Å²) >= 11 is 1.35. The topological polar surface area (TPSA) is 120 Å². The Hall–Kier alpha value is -3.70. The maximum atomic E-state index is 13.1. The number of fused-ring (bicyclic) bond motifs is 2. The molecule has 5 N–H and O–H groups in total. The summed E-state index contributed by atoms with van der Waals surface area (Å²) in [4.78, 5) is 25.2. The van der Waals surface area contributed by atoms with E-state index in [0.717, 1.165) is 48.3 Å². The maximum absolute atomic E-state index is 13.1. The average Bonchev–Trinajstić information content (AvgIpc) is 3.45. The van der Waals surface area contributed by atoms with Crippen LogP contribution in [0.5, 0.6) is 0 Å². The normalized spacial score (nSPS) is 20.6. The summed E-state index contributed by atoms with van der Waals surface area (Å²) in [5.74, 6) is -0.441. The number of alkyl halides is 3. The standard InChI is InChI=1S/C27H27F3N4OS.CH2O2/c1-34-19-6-7-20(34)14-18(13-19)33-26(35)25(32)21-12-16(5-8-22(21)31)24-10-9-23(36-24)15-3-2-4-17(11-15)27(28,29)30;2-1-3/h2-5,8-12,18-20,32H,6-7,13-14,31H2,1H3,(H,33,35);1H,(H,2,3). The highest BCUT2D eigenvalue weighted by atomic mass is 32.1. The molecule has 3 heterocycles. The average molecular weight is 559 g/mol. The highest BCUT2D eigenvalue weighted by molar-refractivity contribution is 7.18. The summed E-state index contributed by atoms with van der Waals surface area (Å²) in [5.41, 5.74) is 7.16. The molecule has 1 aromatic heterocycles. The number of nitrogens with two attached hydrogens (primary N) is 1. The van der Waals surface area contributed by atoms with Crippen LogP contribution in [0.4, 0.5) is 18.9 Å². The van der Waals surface area contributed by atoms with Crippen molar-refractivity contribution >= 4 is 35.1 Å². The van der Waals surface area contributed by atoms with Gasteiger partial charge in [-0.15, -0.1) is 11.3 Å². The van der Waals surface area contributed by atoms with Crippen LogP contribution >= 0.6 is 11.3 Å². The van der Waals surface area contributed by atoms with E-state index in [-0.39, 0.29) is 18.2 Å². The predicted octanol–water partition coefficient (Wildman–Crippen LogP) is 5.49. The van der Waals surface area contributed by atoms with Gasteiger partial charge in [-0.05, 0) is 80.3 Å². The summed E-state index contributed by atoms with van der Waals surface area (Å²) < 4.78 is 39.4. The van der Waals surface area contributed by atoms with Gasteiger partial charge in [0.15, 0.2) is 0 Å². The Labute approximate surface area is 228 Å². The van der Waals surface area contributed by atoms with Crippen molar-refractivity contribution in [1.29, 1.82) is 5.41 Å². The molecule has 0 saturated carbocycles. The van der Waals surface area contributed by atoms with Crippen molar-refractivity contribution in [2.24, 2.45) is 0 Å². The third kappa shape index (κ3) is 6.31. The number of halogens is 3. The summed E-state index contributed by atoms with van der Waals surface area (Å²) in [5, 5.41) is 18.4. The largest absolute Gasteiger partial charge is 0.483 e. The Balaban J connectivity index is 0.00000112. The molecule has 2 aromatic carbocycles. The van der Waals surface area contributed by atoms with Crippen LogP contribution in [0.3, 0.4) is 0 Å². The zero-order chi connectivity index (χ0) is 28.3. The number of nitrogens with zero attached hydrogens (tertiary/aromatic N) is 1. The van der Waals surface area contributed by atoms with E-state index in [1.807, 2.05) is 6.07 Å². The van der Waals surface area contributed by atoms with Crippen LogP contribution in [0.1, 0.15) is 36.8 Å². The lowest BCUT2D eigenvalue weighted by atomic mass is 9.97. The van der Waals surface area contributed by atoms with Gasteiger partial charge < -0.3 is 21.1 Å². The van der Waals surface area contributed by atoms with Crippen molar-refractivity contribution in [2.75, 3.05) is 12.8 Å². The minimum Gasteiger partial charge on any atom is -0.483 e. The van der Waals surface area contributed by atoms with Crippen LogP contribution < -0.4 is 11.1 Å². The number of carbonyl (C=O) groups excluding carboxylic acids is 1. The Morgan fingerprint density at radius 2 is 1.67 bits per heavy atom. The second-order valence-corrected chi connectivity index (χ2v) is 10.8. The van der Waals surface area contributed by atoms with Gasteiger partial charge in [0.25, 0.3) is 12.4 Å². The zero-order valence-electron chi connectivity index (χ0n) is 21.2. The van der Waals surface area contributed by atoms with Crippen molar-refractivity contribution in [1.82, 2.24) is 10.2 Å². The van der Waals surface area contributed by atoms with E-state index in [2.05, 4.69) is 17.3 Å². The number of nitrogen functional groups attached to an aromatic ring is 1. The van der Waals surface area contributed by atoms with Crippen molar-refractivity contribution < 1.29 is 27.9 Å². The molecule has 3 aromatic rings. The molecule has 11 heteroatoms. The van der Waals surface area contributed by atoms with Crippen molar-refractivity contribution in [2.45, 2.75) is 50.0 Å². The molecule has 0 spiro atoms. The van der Waals surface area contributed by atoms with Crippen LogP contribution in [0.2, 0.25) is 0 Å². The number of hydrogen-bond donors (Lipinski definition) is 4. The number of hydrogen-bond acceptors (Lipinski definition) is 6. The van der Waals surface area contributed by atoms with Gasteiger partial charge in [-0.3, -0.25) is 15.0 Å². The lowest BCUT2D eigenvalue weighted by Crippen LogP contribution is -2.50. The molecule has 2 aliphatic heterocycles. The van der Waals surface area contributed by atoms with Gasteiger partial charge >= 0.3 is 6.18 Å². The summed E-state index contributed by atoms with van der Waals surface area (Å²) in [7, 11) is 2.14. The van der Waals surface area contributed by atoms with Gasteiger partial charge in [-0.1, -0.05) is 18.2 Å². The molecule has 0 aliphatic carbocycles. The van der Waals surface area contributed by atoms with Crippen LogP contribution in [0.25, 0.3) is 20.9 Å². The van der Waals surface area contributed by atoms with E-state index in [1.165, 1.54) is 17.4 Å². The zero-order valence-corrected chi connectivity index (χ0v) is 22.0.